The highest BCUT2D eigenvalue weighted by Gasteiger charge is 2.38. The van der Waals surface area contributed by atoms with Gasteiger partial charge in [0.2, 0.25) is 0 Å². The van der Waals surface area contributed by atoms with Crippen LogP contribution in [-0.4, -0.2) is 52.3 Å². The lowest BCUT2D eigenvalue weighted by Gasteiger charge is -2.27. The summed E-state index contributed by atoms with van der Waals surface area (Å²) >= 11 is 0. The molecule has 0 aromatic rings. The van der Waals surface area contributed by atoms with Gasteiger partial charge in [-0.1, -0.05) is 26.2 Å². The van der Waals surface area contributed by atoms with Gasteiger partial charge in [-0.3, -0.25) is 0 Å². The highest BCUT2D eigenvalue weighted by atomic mass is 16.4. The van der Waals surface area contributed by atoms with Crippen LogP contribution in [0, 0.1) is 11.8 Å². The van der Waals surface area contributed by atoms with E-state index in [1.54, 1.807) is 0 Å². The number of nitrogens with one attached hydrogen (secondary N) is 1. The summed E-state index contributed by atoms with van der Waals surface area (Å²) in [6.45, 7) is 2.95. The number of aliphatic hydroxyl groups excluding tert-OH is 1. The number of carboxylic acids is 1. The number of aliphatic carboxylic acids is 1. The lowest BCUT2D eigenvalue weighted by molar-refractivity contribution is -0.141. The average molecular weight is 298 g/mol. The van der Waals surface area contributed by atoms with Gasteiger partial charge in [0, 0.05) is 19.5 Å². The van der Waals surface area contributed by atoms with Crippen molar-refractivity contribution in [1.29, 1.82) is 0 Å². The Bertz CT molecular complexity index is 388. The molecule has 0 bridgehead atoms. The molecule has 2 unspecified atom stereocenters. The zero-order valence-electron chi connectivity index (χ0n) is 12.6. The molecule has 120 valence electrons. The van der Waals surface area contributed by atoms with Crippen LogP contribution in [0.15, 0.2) is 0 Å². The number of rotatable bonds is 4. The quantitative estimate of drug-likeness (QED) is 0.732. The summed E-state index contributed by atoms with van der Waals surface area (Å²) < 4.78 is 0. The number of carbonyl (C=O) groups excluding carboxylic acids is 1. The molecule has 6 heteroatoms. The molecule has 1 heterocycles. The van der Waals surface area contributed by atoms with Crippen LogP contribution in [0.25, 0.3) is 0 Å². The van der Waals surface area contributed by atoms with Gasteiger partial charge < -0.3 is 20.4 Å². The molecule has 4 atom stereocenters. The number of likely N-dealkylation sites (tertiary alicyclic amines) is 1. The van der Waals surface area contributed by atoms with Gasteiger partial charge in [0.1, 0.15) is 6.04 Å². The van der Waals surface area contributed by atoms with Crippen molar-refractivity contribution in [1.82, 2.24) is 10.2 Å². The second kappa shape index (κ2) is 7.11. The van der Waals surface area contributed by atoms with E-state index in [4.69, 9.17) is 5.11 Å². The number of carbonyl (C=O) groups is 2. The van der Waals surface area contributed by atoms with Crippen LogP contribution in [0.3, 0.4) is 0 Å². The minimum absolute atomic E-state index is 0.100. The van der Waals surface area contributed by atoms with Gasteiger partial charge in [0.25, 0.3) is 0 Å². The van der Waals surface area contributed by atoms with Crippen LogP contribution >= 0.6 is 0 Å². The molecule has 2 amide bonds. The summed E-state index contributed by atoms with van der Waals surface area (Å²) in [6, 6.07) is -1.28. The van der Waals surface area contributed by atoms with Crippen molar-refractivity contribution < 1.29 is 19.8 Å². The largest absolute Gasteiger partial charge is 0.480 e. The lowest BCUT2D eigenvalue weighted by atomic mass is 9.81. The molecule has 0 spiro atoms. The van der Waals surface area contributed by atoms with Crippen LogP contribution in [0.5, 0.6) is 0 Å². The van der Waals surface area contributed by atoms with E-state index in [9.17, 15) is 14.7 Å². The highest BCUT2D eigenvalue weighted by molar-refractivity contribution is 5.83. The first-order valence-electron chi connectivity index (χ1n) is 7.92. The predicted molar refractivity (Wildman–Crippen MR) is 77.9 cm³/mol. The lowest BCUT2D eigenvalue weighted by Crippen LogP contribution is -2.46. The molecule has 6 nitrogen and oxygen atoms in total. The van der Waals surface area contributed by atoms with Crippen molar-refractivity contribution in [2.75, 3.05) is 13.1 Å². The molecular formula is C15H26N2O4. The Kier molecular flexibility index (Phi) is 5.45. The molecule has 21 heavy (non-hydrogen) atoms. The predicted octanol–water partition coefficient (Wildman–Crippen LogP) is 1.43. The van der Waals surface area contributed by atoms with Gasteiger partial charge >= 0.3 is 12.0 Å². The summed E-state index contributed by atoms with van der Waals surface area (Å²) in [7, 11) is 0. The Morgan fingerprint density at radius 2 is 2.05 bits per heavy atom. The zero-order valence-corrected chi connectivity index (χ0v) is 12.6. The normalized spacial score (nSPS) is 33.0. The van der Waals surface area contributed by atoms with E-state index < -0.39 is 18.1 Å². The number of amides is 2. The molecule has 2 fully saturated rings. The number of hydrogen-bond donors (Lipinski definition) is 3. The number of β-amino-alcohol motifs (C(OH)–C–C–N with tert-alkyl or cyclic N) is 1. The molecule has 2 rings (SSSR count). The maximum Gasteiger partial charge on any atom is 0.326 e. The van der Waals surface area contributed by atoms with E-state index in [2.05, 4.69) is 12.2 Å². The van der Waals surface area contributed by atoms with Gasteiger partial charge in [0.05, 0.1) is 6.10 Å². The van der Waals surface area contributed by atoms with Gasteiger partial charge in [-0.25, -0.2) is 9.59 Å². The monoisotopic (exact) mass is 298 g/mol. The van der Waals surface area contributed by atoms with Crippen LogP contribution < -0.4 is 5.32 Å². The third-order valence-electron chi connectivity index (χ3n) is 4.70. The number of nitrogens with zero attached hydrogens (tertiary/aromatic N) is 1. The second-order valence-electron chi connectivity index (χ2n) is 6.55. The van der Waals surface area contributed by atoms with Crippen LogP contribution in [0.1, 0.15) is 45.4 Å². The van der Waals surface area contributed by atoms with Crippen molar-refractivity contribution in [3.05, 3.63) is 0 Å². The van der Waals surface area contributed by atoms with Gasteiger partial charge in [-0.2, -0.15) is 0 Å². The first-order chi connectivity index (χ1) is 9.97. The van der Waals surface area contributed by atoms with Crippen molar-refractivity contribution in [3.63, 3.8) is 0 Å². The fourth-order valence-corrected chi connectivity index (χ4v) is 3.58. The SMILES string of the molecule is CC1CCCC(CCNC(=O)N2C[C@H](O)C[C@H]2C(=O)O)C1. The third-order valence-corrected chi connectivity index (χ3v) is 4.70. The van der Waals surface area contributed by atoms with Gasteiger partial charge in [-0.15, -0.1) is 0 Å². The van der Waals surface area contributed by atoms with Gasteiger partial charge in [0.15, 0.2) is 0 Å². The number of carboxylic acid groups (broad SMARTS) is 1. The molecular weight excluding hydrogens is 272 g/mol. The average Bonchev–Trinajstić information content (AvgIpc) is 2.81. The summed E-state index contributed by atoms with van der Waals surface area (Å²) in [4.78, 5) is 24.4. The topological polar surface area (TPSA) is 89.9 Å². The Balaban J connectivity index is 1.75. The Labute approximate surface area is 125 Å². The first-order valence-corrected chi connectivity index (χ1v) is 7.92. The Hall–Kier alpha value is -1.30. The zero-order chi connectivity index (χ0) is 15.4. The van der Waals surface area contributed by atoms with E-state index in [1.165, 1.54) is 30.6 Å². The molecule has 0 radical (unpaired) electrons. The Morgan fingerprint density at radius 1 is 1.29 bits per heavy atom. The minimum Gasteiger partial charge on any atom is -0.480 e. The molecule has 2 aliphatic rings. The number of aliphatic hydroxyl groups is 1. The number of urea groups is 1. The van der Waals surface area contributed by atoms with Gasteiger partial charge in [-0.05, 0) is 24.7 Å². The van der Waals surface area contributed by atoms with E-state index in [0.717, 1.165) is 12.3 Å². The van der Waals surface area contributed by atoms with Crippen LogP contribution in [-0.2, 0) is 4.79 Å². The molecule has 3 N–H and O–H groups in total. The second-order valence-corrected chi connectivity index (χ2v) is 6.55. The maximum absolute atomic E-state index is 12.1. The highest BCUT2D eigenvalue weighted by Crippen LogP contribution is 2.30. The first kappa shape index (κ1) is 16.1. The summed E-state index contributed by atoms with van der Waals surface area (Å²) in [6.07, 6.45) is 5.33. The van der Waals surface area contributed by atoms with Crippen molar-refractivity contribution in [3.8, 4) is 0 Å². The molecule has 1 aliphatic carbocycles. The fraction of sp³-hybridized carbons (Fsp3) is 0.867. The summed E-state index contributed by atoms with van der Waals surface area (Å²) in [5.74, 6) is 0.376. The Morgan fingerprint density at radius 3 is 2.71 bits per heavy atom. The maximum atomic E-state index is 12.1. The molecule has 1 aliphatic heterocycles. The molecule has 0 aromatic heterocycles. The van der Waals surface area contributed by atoms with E-state index in [-0.39, 0.29) is 19.0 Å². The third kappa shape index (κ3) is 4.33. The minimum atomic E-state index is -1.05. The molecule has 1 saturated heterocycles. The van der Waals surface area contributed by atoms with Crippen LogP contribution in [0.2, 0.25) is 0 Å². The standard InChI is InChI=1S/C15H26N2O4/c1-10-3-2-4-11(7-10)5-6-16-15(21)17-9-12(18)8-13(17)14(19)20/h10-13,18H,2-9H2,1H3,(H,16,21)(H,19,20)/t10?,11?,12-,13+/m1/s1. The molecule has 0 aromatic carbocycles. The summed E-state index contributed by atoms with van der Waals surface area (Å²) in [5, 5.41) is 21.4. The van der Waals surface area contributed by atoms with Crippen molar-refractivity contribution in [2.45, 2.75) is 57.6 Å². The van der Waals surface area contributed by atoms with Crippen molar-refractivity contribution in [2.24, 2.45) is 11.8 Å². The summed E-state index contributed by atoms with van der Waals surface area (Å²) in [5.41, 5.74) is 0. The number of hydrogen-bond acceptors (Lipinski definition) is 3. The van der Waals surface area contributed by atoms with Crippen LogP contribution in [0.4, 0.5) is 4.79 Å². The van der Waals surface area contributed by atoms with E-state index >= 15 is 0 Å². The van der Waals surface area contributed by atoms with E-state index in [1.807, 2.05) is 0 Å². The van der Waals surface area contributed by atoms with Crippen molar-refractivity contribution >= 4 is 12.0 Å². The smallest absolute Gasteiger partial charge is 0.326 e. The molecule has 1 saturated carbocycles. The van der Waals surface area contributed by atoms with E-state index in [0.29, 0.717) is 12.5 Å². The fourth-order valence-electron chi connectivity index (χ4n) is 3.58.